The number of carbonyl (C=O) groups excluding carboxylic acids is 1. The predicted octanol–water partition coefficient (Wildman–Crippen LogP) is 3.07. The van der Waals surface area contributed by atoms with Crippen LogP contribution in [0.25, 0.3) is 11.3 Å². The highest BCUT2D eigenvalue weighted by atomic mass is 19.1. The maximum Gasteiger partial charge on any atom is 0.307 e. The highest BCUT2D eigenvalue weighted by molar-refractivity contribution is 5.71. The largest absolute Gasteiger partial charge is 0.469 e. The molecule has 0 aliphatic rings. The van der Waals surface area contributed by atoms with Crippen molar-refractivity contribution >= 4 is 5.97 Å². The maximum absolute atomic E-state index is 13.4. The summed E-state index contributed by atoms with van der Waals surface area (Å²) in [7, 11) is 1.33. The topological polar surface area (TPSA) is 65.2 Å². The average molecular weight is 302 g/mol. The Hall–Kier alpha value is -2.27. The molecule has 0 aliphatic heterocycles. The van der Waals surface area contributed by atoms with E-state index in [2.05, 4.69) is 9.72 Å². The number of nitrogens with two attached hydrogens (primary N) is 1. The van der Waals surface area contributed by atoms with Crippen molar-refractivity contribution in [2.75, 3.05) is 7.11 Å². The number of hydrogen-bond donors (Lipinski definition) is 1. The summed E-state index contributed by atoms with van der Waals surface area (Å²) < 4.78 is 18.1. The van der Waals surface area contributed by atoms with Crippen LogP contribution in [0.2, 0.25) is 0 Å². The Morgan fingerprint density at radius 3 is 2.55 bits per heavy atom. The third kappa shape index (κ3) is 3.49. The molecular weight excluding hydrogens is 283 g/mol. The minimum Gasteiger partial charge on any atom is -0.469 e. The quantitative estimate of drug-likeness (QED) is 0.882. The molecule has 0 bridgehead atoms. The van der Waals surface area contributed by atoms with Gasteiger partial charge in [-0.1, -0.05) is 0 Å². The van der Waals surface area contributed by atoms with Crippen LogP contribution in [-0.2, 0) is 9.53 Å². The number of carbonyl (C=O) groups is 1. The Balaban J connectivity index is 2.39. The van der Waals surface area contributed by atoms with E-state index in [1.807, 2.05) is 19.9 Å². The van der Waals surface area contributed by atoms with Crippen molar-refractivity contribution in [2.45, 2.75) is 26.3 Å². The lowest BCUT2D eigenvalue weighted by Gasteiger charge is -2.14. The van der Waals surface area contributed by atoms with E-state index in [0.29, 0.717) is 5.69 Å². The van der Waals surface area contributed by atoms with Gasteiger partial charge in [-0.3, -0.25) is 9.78 Å². The van der Waals surface area contributed by atoms with Crippen LogP contribution in [0.3, 0.4) is 0 Å². The summed E-state index contributed by atoms with van der Waals surface area (Å²) >= 11 is 0. The third-order valence-corrected chi connectivity index (χ3v) is 3.58. The van der Waals surface area contributed by atoms with E-state index in [4.69, 9.17) is 5.73 Å². The molecule has 22 heavy (non-hydrogen) atoms. The second kappa shape index (κ2) is 6.66. The molecule has 0 saturated carbocycles. The van der Waals surface area contributed by atoms with E-state index in [0.717, 1.165) is 22.3 Å². The highest BCUT2D eigenvalue weighted by Crippen LogP contribution is 2.28. The van der Waals surface area contributed by atoms with Crippen LogP contribution < -0.4 is 5.73 Å². The molecule has 0 unspecified atom stereocenters. The van der Waals surface area contributed by atoms with Crippen molar-refractivity contribution < 1.29 is 13.9 Å². The fourth-order valence-corrected chi connectivity index (χ4v) is 2.51. The van der Waals surface area contributed by atoms with Crippen molar-refractivity contribution in [1.29, 1.82) is 0 Å². The Kier molecular flexibility index (Phi) is 4.88. The average Bonchev–Trinajstić information content (AvgIpc) is 2.46. The van der Waals surface area contributed by atoms with Crippen LogP contribution >= 0.6 is 0 Å². The maximum atomic E-state index is 13.4. The van der Waals surface area contributed by atoms with E-state index in [1.54, 1.807) is 12.3 Å². The van der Waals surface area contributed by atoms with Gasteiger partial charge >= 0.3 is 5.97 Å². The molecule has 1 aromatic heterocycles. The molecule has 1 aromatic carbocycles. The Morgan fingerprint density at radius 1 is 1.32 bits per heavy atom. The molecule has 1 atom stereocenters. The summed E-state index contributed by atoms with van der Waals surface area (Å²) in [4.78, 5) is 15.7. The molecule has 5 heteroatoms. The molecule has 1 heterocycles. The molecule has 0 radical (unpaired) electrons. The number of nitrogens with zero attached hydrogens (tertiary/aromatic N) is 1. The van der Waals surface area contributed by atoms with Gasteiger partial charge in [-0.15, -0.1) is 0 Å². The normalized spacial score (nSPS) is 12.0. The van der Waals surface area contributed by atoms with Crippen molar-refractivity contribution in [1.82, 2.24) is 4.98 Å². The van der Waals surface area contributed by atoms with Gasteiger partial charge in [0.2, 0.25) is 0 Å². The first-order chi connectivity index (χ1) is 10.4. The van der Waals surface area contributed by atoms with Crippen molar-refractivity contribution in [3.05, 3.63) is 53.0 Å². The van der Waals surface area contributed by atoms with Crippen LogP contribution in [0.15, 0.2) is 30.5 Å². The van der Waals surface area contributed by atoms with Crippen LogP contribution in [0.4, 0.5) is 4.39 Å². The molecule has 0 aliphatic carbocycles. The molecular formula is C17H19FN2O2. The van der Waals surface area contributed by atoms with Crippen molar-refractivity contribution in [2.24, 2.45) is 5.73 Å². The lowest BCUT2D eigenvalue weighted by Crippen LogP contribution is -2.16. The fraction of sp³-hybridized carbons (Fsp3) is 0.294. The summed E-state index contributed by atoms with van der Waals surface area (Å²) in [6.07, 6.45) is 1.74. The van der Waals surface area contributed by atoms with Gasteiger partial charge in [-0.25, -0.2) is 4.39 Å². The number of benzene rings is 1. The second-order valence-electron chi connectivity index (χ2n) is 5.28. The number of esters is 1. The predicted molar refractivity (Wildman–Crippen MR) is 82.7 cm³/mol. The van der Waals surface area contributed by atoms with Crippen molar-refractivity contribution in [3.63, 3.8) is 0 Å². The standard InChI is InChI=1S/C17H19FN2O2/c1-10-6-13(18)7-11(2)17(10)15-8-12(4-5-20-15)14(19)9-16(21)22-3/h4-8,14H,9,19H2,1-3H3/t14-/m0/s1. The monoisotopic (exact) mass is 302 g/mol. The Bertz CT molecular complexity index is 678. The molecule has 116 valence electrons. The zero-order valence-electron chi connectivity index (χ0n) is 12.9. The summed E-state index contributed by atoms with van der Waals surface area (Å²) in [5.74, 6) is -0.627. The lowest BCUT2D eigenvalue weighted by molar-refractivity contribution is -0.141. The number of halogens is 1. The minimum atomic E-state index is -0.463. The molecule has 2 aromatic rings. The number of aryl methyl sites for hydroxylation is 2. The second-order valence-corrected chi connectivity index (χ2v) is 5.28. The molecule has 2 rings (SSSR count). The van der Waals surface area contributed by atoms with Crippen LogP contribution in [0.5, 0.6) is 0 Å². The number of hydrogen-bond acceptors (Lipinski definition) is 4. The fourth-order valence-electron chi connectivity index (χ4n) is 2.51. The third-order valence-electron chi connectivity index (χ3n) is 3.58. The van der Waals surface area contributed by atoms with Crippen molar-refractivity contribution in [3.8, 4) is 11.3 Å². The molecule has 0 saturated heterocycles. The molecule has 0 fully saturated rings. The van der Waals surface area contributed by atoms with Gasteiger partial charge in [-0.2, -0.15) is 0 Å². The SMILES string of the molecule is COC(=O)C[C@H](N)c1ccnc(-c2c(C)cc(F)cc2C)c1. The van der Waals surface area contributed by atoms with E-state index in [-0.39, 0.29) is 18.2 Å². The smallest absolute Gasteiger partial charge is 0.307 e. The number of ether oxygens (including phenoxy) is 1. The van der Waals surface area contributed by atoms with Gasteiger partial charge < -0.3 is 10.5 Å². The first-order valence-corrected chi connectivity index (χ1v) is 6.98. The van der Waals surface area contributed by atoms with Gasteiger partial charge in [0.1, 0.15) is 5.82 Å². The first kappa shape index (κ1) is 16.1. The summed E-state index contributed by atoms with van der Waals surface area (Å²) in [5, 5.41) is 0. The van der Waals surface area contributed by atoms with Gasteiger partial charge in [-0.05, 0) is 54.8 Å². The molecule has 0 spiro atoms. The van der Waals surface area contributed by atoms with E-state index < -0.39 is 6.04 Å². The number of methoxy groups -OCH3 is 1. The molecule has 0 amide bonds. The van der Waals surface area contributed by atoms with Crippen LogP contribution in [0.1, 0.15) is 29.2 Å². The van der Waals surface area contributed by atoms with Gasteiger partial charge in [0, 0.05) is 17.8 Å². The van der Waals surface area contributed by atoms with Gasteiger partial charge in [0.15, 0.2) is 0 Å². The summed E-state index contributed by atoms with van der Waals surface area (Å²) in [5.41, 5.74) is 10.0. The summed E-state index contributed by atoms with van der Waals surface area (Å²) in [6, 6.07) is 6.10. The first-order valence-electron chi connectivity index (χ1n) is 6.98. The zero-order chi connectivity index (χ0) is 16.3. The van der Waals surface area contributed by atoms with Gasteiger partial charge in [0.25, 0.3) is 0 Å². The molecule has 2 N–H and O–H groups in total. The lowest BCUT2D eigenvalue weighted by atomic mass is 9.96. The minimum absolute atomic E-state index is 0.0985. The van der Waals surface area contributed by atoms with E-state index in [9.17, 15) is 9.18 Å². The number of rotatable bonds is 4. The van der Waals surface area contributed by atoms with E-state index >= 15 is 0 Å². The Morgan fingerprint density at radius 2 is 1.95 bits per heavy atom. The highest BCUT2D eigenvalue weighted by Gasteiger charge is 2.15. The summed E-state index contributed by atoms with van der Waals surface area (Å²) in [6.45, 7) is 3.68. The zero-order valence-corrected chi connectivity index (χ0v) is 12.9. The van der Waals surface area contributed by atoms with Gasteiger partial charge in [0.05, 0.1) is 19.2 Å². The van der Waals surface area contributed by atoms with Crippen LogP contribution in [-0.4, -0.2) is 18.1 Å². The number of pyridine rings is 1. The van der Waals surface area contributed by atoms with Crippen LogP contribution in [0, 0.1) is 19.7 Å². The Labute approximate surface area is 129 Å². The van der Waals surface area contributed by atoms with E-state index in [1.165, 1.54) is 19.2 Å². The molecule has 4 nitrogen and oxygen atoms in total. The number of aromatic nitrogens is 1.